The summed E-state index contributed by atoms with van der Waals surface area (Å²) in [5.41, 5.74) is 2.31. The Labute approximate surface area is 161 Å². The lowest BCUT2D eigenvalue weighted by Gasteiger charge is -2.35. The van der Waals surface area contributed by atoms with Crippen LogP contribution in [0.5, 0.6) is 0 Å². The smallest absolute Gasteiger partial charge is 0.429 e. The highest BCUT2D eigenvalue weighted by molar-refractivity contribution is 5.75. The summed E-state index contributed by atoms with van der Waals surface area (Å²) in [4.78, 5) is 25.2. The molecule has 1 aromatic carbocycles. The van der Waals surface area contributed by atoms with E-state index in [1.54, 1.807) is 41.5 Å². The van der Waals surface area contributed by atoms with Crippen LogP contribution < -0.4 is 5.43 Å². The topological polar surface area (TPSA) is 67.9 Å². The molecule has 1 aliphatic carbocycles. The van der Waals surface area contributed by atoms with E-state index in [0.717, 1.165) is 5.56 Å². The van der Waals surface area contributed by atoms with Crippen molar-refractivity contribution in [3.8, 4) is 0 Å². The molecule has 0 fully saturated rings. The van der Waals surface area contributed by atoms with Crippen LogP contribution in [0.2, 0.25) is 0 Å². The number of hydrogen-bond acceptors (Lipinski definition) is 4. The predicted octanol–water partition coefficient (Wildman–Crippen LogP) is 4.78. The minimum atomic E-state index is -0.688. The van der Waals surface area contributed by atoms with Crippen LogP contribution in [0.15, 0.2) is 42.5 Å². The number of hydrazine groups is 1. The van der Waals surface area contributed by atoms with E-state index in [1.807, 2.05) is 42.5 Å². The Balaban J connectivity index is 2.25. The van der Waals surface area contributed by atoms with Crippen molar-refractivity contribution in [1.29, 1.82) is 0 Å². The van der Waals surface area contributed by atoms with Crippen LogP contribution >= 0.6 is 0 Å². The molecule has 0 saturated carbocycles. The van der Waals surface area contributed by atoms with E-state index < -0.39 is 23.4 Å². The lowest BCUT2D eigenvalue weighted by atomic mass is 9.94. The van der Waals surface area contributed by atoms with Crippen molar-refractivity contribution >= 4 is 12.2 Å². The van der Waals surface area contributed by atoms with E-state index >= 15 is 0 Å². The summed E-state index contributed by atoms with van der Waals surface area (Å²) in [5.74, 6) is -0.0475. The number of hydrogen-bond donors (Lipinski definition) is 1. The molecule has 2 amide bonds. The fraction of sp³-hybridized carbons (Fsp3) is 0.524. The molecule has 0 bridgehead atoms. The first-order valence-corrected chi connectivity index (χ1v) is 9.20. The Morgan fingerprint density at radius 1 is 1.00 bits per heavy atom. The van der Waals surface area contributed by atoms with Crippen molar-refractivity contribution in [2.24, 2.45) is 0 Å². The highest BCUT2D eigenvalue weighted by atomic mass is 16.6. The number of carbonyl (C=O) groups excluding carboxylic acids is 2. The summed E-state index contributed by atoms with van der Waals surface area (Å²) in [5, 5.41) is 1.26. The van der Waals surface area contributed by atoms with Crippen LogP contribution in [-0.2, 0) is 9.47 Å². The molecule has 1 aliphatic rings. The van der Waals surface area contributed by atoms with Crippen molar-refractivity contribution in [2.45, 2.75) is 71.1 Å². The molecule has 0 aliphatic heterocycles. The standard InChI is InChI=1S/C21H30N2O4/c1-20(2,3)26-18(24)22-23(19(25)27-21(4,5)6)17-14-10-13-16(17)15-11-8-7-9-12-15/h7-13,16-17H,14H2,1-6H3,(H,22,24)/t16-,17+/m0/s1. The van der Waals surface area contributed by atoms with Gasteiger partial charge in [0.15, 0.2) is 0 Å². The third-order valence-corrected chi connectivity index (χ3v) is 3.85. The van der Waals surface area contributed by atoms with Crippen LogP contribution in [0.4, 0.5) is 9.59 Å². The molecule has 0 unspecified atom stereocenters. The van der Waals surface area contributed by atoms with Crippen molar-refractivity contribution in [3.05, 3.63) is 48.0 Å². The van der Waals surface area contributed by atoms with Crippen LogP contribution in [0.25, 0.3) is 0 Å². The fourth-order valence-corrected chi connectivity index (χ4v) is 2.89. The van der Waals surface area contributed by atoms with Gasteiger partial charge in [-0.1, -0.05) is 42.5 Å². The van der Waals surface area contributed by atoms with Gasteiger partial charge < -0.3 is 9.47 Å². The third-order valence-electron chi connectivity index (χ3n) is 3.85. The van der Waals surface area contributed by atoms with E-state index in [-0.39, 0.29) is 12.0 Å². The van der Waals surface area contributed by atoms with Gasteiger partial charge >= 0.3 is 12.2 Å². The van der Waals surface area contributed by atoms with Gasteiger partial charge in [0.25, 0.3) is 0 Å². The summed E-state index contributed by atoms with van der Waals surface area (Å²) in [6, 6.07) is 9.58. The SMILES string of the molecule is CC(C)(C)OC(=O)NN(C(=O)OC(C)(C)C)[C@@H]1CC=C[C@H]1c1ccccc1. The maximum absolute atomic E-state index is 12.8. The lowest BCUT2D eigenvalue weighted by molar-refractivity contribution is -0.00998. The Morgan fingerprint density at radius 3 is 2.15 bits per heavy atom. The molecule has 6 nitrogen and oxygen atoms in total. The van der Waals surface area contributed by atoms with Crippen molar-refractivity contribution in [2.75, 3.05) is 0 Å². The number of amides is 2. The van der Waals surface area contributed by atoms with E-state index in [4.69, 9.17) is 9.47 Å². The molecule has 6 heteroatoms. The first-order chi connectivity index (χ1) is 12.5. The van der Waals surface area contributed by atoms with Gasteiger partial charge in [-0.3, -0.25) is 0 Å². The number of ether oxygens (including phenoxy) is 2. The van der Waals surface area contributed by atoms with Gasteiger partial charge in [-0.25, -0.2) is 20.0 Å². The first kappa shape index (κ1) is 20.8. The maximum atomic E-state index is 12.8. The molecular formula is C21H30N2O4. The molecule has 0 radical (unpaired) electrons. The van der Waals surface area contributed by atoms with E-state index in [1.165, 1.54) is 5.01 Å². The molecule has 0 aromatic heterocycles. The summed E-state index contributed by atoms with van der Waals surface area (Å²) in [6.07, 6.45) is 3.37. The van der Waals surface area contributed by atoms with Crippen molar-refractivity contribution < 1.29 is 19.1 Å². The summed E-state index contributed by atoms with van der Waals surface area (Å²) >= 11 is 0. The molecule has 1 aromatic rings. The zero-order valence-electron chi connectivity index (χ0n) is 17.0. The number of rotatable bonds is 2. The molecule has 2 atom stereocenters. The molecule has 148 valence electrons. The third kappa shape index (κ3) is 6.31. The van der Waals surface area contributed by atoms with Crippen LogP contribution in [0, 0.1) is 0 Å². The largest absolute Gasteiger partial charge is 0.443 e. The Hall–Kier alpha value is -2.50. The summed E-state index contributed by atoms with van der Waals surface area (Å²) in [6.45, 7) is 10.7. The first-order valence-electron chi connectivity index (χ1n) is 9.20. The van der Waals surface area contributed by atoms with E-state index in [2.05, 4.69) is 5.43 Å². The van der Waals surface area contributed by atoms with Gasteiger partial charge in [-0.2, -0.15) is 0 Å². The highest BCUT2D eigenvalue weighted by Crippen LogP contribution is 2.32. The van der Waals surface area contributed by atoms with Gasteiger partial charge in [0, 0.05) is 5.92 Å². The zero-order valence-corrected chi connectivity index (χ0v) is 17.0. The van der Waals surface area contributed by atoms with Crippen LogP contribution in [-0.4, -0.2) is 34.4 Å². The van der Waals surface area contributed by atoms with Crippen molar-refractivity contribution in [3.63, 3.8) is 0 Å². The summed E-state index contributed by atoms with van der Waals surface area (Å²) < 4.78 is 10.8. The quantitative estimate of drug-likeness (QED) is 0.598. The monoisotopic (exact) mass is 374 g/mol. The number of nitrogens with zero attached hydrogens (tertiary/aromatic N) is 1. The van der Waals surface area contributed by atoms with Gasteiger partial charge in [-0.05, 0) is 53.5 Å². The van der Waals surface area contributed by atoms with Gasteiger partial charge in [0.1, 0.15) is 11.2 Å². The molecule has 1 N–H and O–H groups in total. The minimum Gasteiger partial charge on any atom is -0.443 e. The average Bonchev–Trinajstić information content (AvgIpc) is 2.99. The number of carbonyl (C=O) groups is 2. The number of benzene rings is 1. The predicted molar refractivity (Wildman–Crippen MR) is 104 cm³/mol. The summed E-state index contributed by atoms with van der Waals surface area (Å²) in [7, 11) is 0. The molecule has 0 saturated heterocycles. The van der Waals surface area contributed by atoms with Gasteiger partial charge in [0.05, 0.1) is 6.04 Å². The Morgan fingerprint density at radius 2 is 1.59 bits per heavy atom. The molecule has 27 heavy (non-hydrogen) atoms. The minimum absolute atomic E-state index is 0.0475. The van der Waals surface area contributed by atoms with Crippen LogP contribution in [0.3, 0.4) is 0 Å². The second kappa shape index (κ2) is 8.03. The zero-order chi connectivity index (χ0) is 20.2. The maximum Gasteiger partial charge on any atom is 0.429 e. The highest BCUT2D eigenvalue weighted by Gasteiger charge is 2.37. The van der Waals surface area contributed by atoms with Gasteiger partial charge in [0.2, 0.25) is 0 Å². The van der Waals surface area contributed by atoms with Crippen molar-refractivity contribution in [1.82, 2.24) is 10.4 Å². The second-order valence-electron chi connectivity index (χ2n) is 8.63. The molecule has 2 rings (SSSR count). The van der Waals surface area contributed by atoms with E-state index in [0.29, 0.717) is 6.42 Å². The fourth-order valence-electron chi connectivity index (χ4n) is 2.89. The molecule has 0 spiro atoms. The normalized spacial score (nSPS) is 19.5. The Kier molecular flexibility index (Phi) is 6.19. The lowest BCUT2D eigenvalue weighted by Crippen LogP contribution is -2.55. The van der Waals surface area contributed by atoms with Crippen LogP contribution in [0.1, 0.15) is 59.4 Å². The number of nitrogens with one attached hydrogen (secondary N) is 1. The van der Waals surface area contributed by atoms with Gasteiger partial charge in [-0.15, -0.1) is 0 Å². The molecule has 0 heterocycles. The van der Waals surface area contributed by atoms with E-state index in [9.17, 15) is 9.59 Å². The second-order valence-corrected chi connectivity index (χ2v) is 8.63. The average molecular weight is 374 g/mol. The Bertz CT molecular complexity index is 686. The molecular weight excluding hydrogens is 344 g/mol.